The summed E-state index contributed by atoms with van der Waals surface area (Å²) in [5.74, 6) is -1.07. The molecule has 0 aromatic carbocycles. The van der Waals surface area contributed by atoms with Gasteiger partial charge in [-0.15, -0.1) is 0 Å². The van der Waals surface area contributed by atoms with Gasteiger partial charge < -0.3 is 38.1 Å². The summed E-state index contributed by atoms with van der Waals surface area (Å²) in [6.45, 7) is 3.83. The molecule has 12 heteroatoms. The number of carbonyl (C=O) groups excluding carboxylic acids is 2. The summed E-state index contributed by atoms with van der Waals surface area (Å²) < 4.78 is 33.6. The molecule has 0 aliphatic rings. The second-order valence-electron chi connectivity index (χ2n) is 15.1. The summed E-state index contributed by atoms with van der Waals surface area (Å²) >= 11 is 0. The van der Waals surface area contributed by atoms with Crippen LogP contribution < -0.4 is 4.89 Å². The molecular weight excluding hydrogens is 709 g/mol. The monoisotopic (exact) mass is 786 g/mol. The maximum atomic E-state index is 12.6. The van der Waals surface area contributed by atoms with Gasteiger partial charge in [0, 0.05) is 12.8 Å². The Morgan fingerprint density at radius 3 is 1.72 bits per heavy atom. The van der Waals surface area contributed by atoms with E-state index in [1.54, 1.807) is 18.2 Å². The second kappa shape index (κ2) is 34.2. The van der Waals surface area contributed by atoms with Gasteiger partial charge in [-0.2, -0.15) is 0 Å². The van der Waals surface area contributed by atoms with Crippen molar-refractivity contribution >= 4 is 19.8 Å². The highest BCUT2D eigenvalue weighted by molar-refractivity contribution is 7.45. The van der Waals surface area contributed by atoms with E-state index >= 15 is 0 Å². The first-order chi connectivity index (χ1) is 25.8. The number of hydrogen-bond acceptors (Lipinski definition) is 10. The fourth-order valence-corrected chi connectivity index (χ4v) is 5.95. The van der Waals surface area contributed by atoms with Crippen molar-refractivity contribution in [2.24, 2.45) is 0 Å². The molecule has 0 saturated carbocycles. The van der Waals surface area contributed by atoms with Crippen LogP contribution in [-0.2, 0) is 32.7 Å². The Hall–Kier alpha value is -2.11. The van der Waals surface area contributed by atoms with E-state index in [1.165, 1.54) is 44.9 Å². The highest BCUT2D eigenvalue weighted by atomic mass is 31.2. The van der Waals surface area contributed by atoms with Crippen molar-refractivity contribution < 1.29 is 52.3 Å². The first kappa shape index (κ1) is 51.9. The standard InChI is InChI=1S/C42H76NO10P/c1-6-8-10-11-12-13-14-15-19-22-26-32-41(46)50-36-40(37-52-54(48,49)51-35-34-43(3,4)5)53-42(47)33-27-31-39(45)30-25-21-18-16-17-20-24-29-38(44)28-23-9-7-2/h17-18,20-21,24-25,29-30,38-40,44-45H,6-16,19,22-23,26-28,31-37H2,1-5H3/b20-17-,21-18-,29-24+,30-25+/t38-,39-,40-/m1/s1. The zero-order valence-electron chi connectivity index (χ0n) is 34.4. The molecule has 0 fully saturated rings. The van der Waals surface area contributed by atoms with Crippen LogP contribution in [0.15, 0.2) is 48.6 Å². The van der Waals surface area contributed by atoms with Gasteiger partial charge in [-0.25, -0.2) is 0 Å². The number of aliphatic hydroxyl groups is 2. The molecule has 4 atom stereocenters. The number of unbranched alkanes of at least 4 members (excludes halogenated alkanes) is 12. The smallest absolute Gasteiger partial charge is 0.306 e. The van der Waals surface area contributed by atoms with Gasteiger partial charge in [0.05, 0.1) is 40.0 Å². The predicted molar refractivity (Wildman–Crippen MR) is 216 cm³/mol. The van der Waals surface area contributed by atoms with Crippen molar-refractivity contribution in [1.82, 2.24) is 0 Å². The molecule has 0 saturated heterocycles. The third-order valence-corrected chi connectivity index (χ3v) is 9.52. The van der Waals surface area contributed by atoms with Gasteiger partial charge in [-0.05, 0) is 32.1 Å². The second-order valence-corrected chi connectivity index (χ2v) is 16.5. The number of quaternary nitrogens is 1. The van der Waals surface area contributed by atoms with Crippen LogP contribution >= 0.6 is 7.82 Å². The average Bonchev–Trinajstić information content (AvgIpc) is 3.10. The molecule has 54 heavy (non-hydrogen) atoms. The van der Waals surface area contributed by atoms with E-state index in [-0.39, 0.29) is 26.1 Å². The number of phosphoric ester groups is 1. The van der Waals surface area contributed by atoms with Gasteiger partial charge >= 0.3 is 11.9 Å². The summed E-state index contributed by atoms with van der Waals surface area (Å²) in [7, 11) is 1.01. The predicted octanol–water partition coefficient (Wildman–Crippen LogP) is 8.44. The first-order valence-corrected chi connectivity index (χ1v) is 22.0. The third-order valence-electron chi connectivity index (χ3n) is 8.56. The average molecular weight is 786 g/mol. The Balaban J connectivity index is 4.67. The molecule has 2 N–H and O–H groups in total. The number of aliphatic hydroxyl groups excluding tert-OH is 2. The minimum absolute atomic E-state index is 0.0232. The Morgan fingerprint density at radius 2 is 1.17 bits per heavy atom. The van der Waals surface area contributed by atoms with E-state index in [4.69, 9.17) is 18.5 Å². The summed E-state index contributed by atoms with van der Waals surface area (Å²) in [5.41, 5.74) is 0. The van der Waals surface area contributed by atoms with Crippen molar-refractivity contribution in [1.29, 1.82) is 0 Å². The Kier molecular flexibility index (Phi) is 32.8. The SMILES string of the molecule is CCCCCCCCCCCCCC(=O)OC[C@H](COP(=O)([O-])OCC[N+](C)(C)C)OC(=O)CCC[C@H](O)/C=C/C=C\C/C=C\C=C\[C@H](O)CCCCC. The number of likely N-dealkylation sites (N-methyl/N-ethyl adjacent to an activating group) is 1. The van der Waals surface area contributed by atoms with Crippen molar-refractivity contribution in [3.63, 3.8) is 0 Å². The molecule has 0 aliphatic heterocycles. The molecule has 0 bridgehead atoms. The van der Waals surface area contributed by atoms with Gasteiger partial charge in [0.15, 0.2) is 6.10 Å². The third kappa shape index (κ3) is 36.8. The van der Waals surface area contributed by atoms with Crippen LogP contribution in [0.25, 0.3) is 0 Å². The van der Waals surface area contributed by atoms with Crippen molar-refractivity contribution in [3.05, 3.63) is 48.6 Å². The molecule has 0 rings (SSSR count). The number of ether oxygens (including phenoxy) is 2. The topological polar surface area (TPSA) is 152 Å². The lowest BCUT2D eigenvalue weighted by Crippen LogP contribution is -2.37. The summed E-state index contributed by atoms with van der Waals surface area (Å²) in [6.07, 6.45) is 30.7. The molecule has 0 heterocycles. The Labute approximate surface area is 328 Å². The largest absolute Gasteiger partial charge is 0.756 e. The molecule has 0 spiro atoms. The fourth-order valence-electron chi connectivity index (χ4n) is 5.22. The van der Waals surface area contributed by atoms with Crippen LogP contribution in [0.1, 0.15) is 142 Å². The molecular formula is C42H76NO10P. The molecule has 0 aromatic rings. The van der Waals surface area contributed by atoms with Crippen LogP contribution in [0.2, 0.25) is 0 Å². The maximum Gasteiger partial charge on any atom is 0.306 e. The molecule has 314 valence electrons. The van der Waals surface area contributed by atoms with E-state index in [0.717, 1.165) is 44.9 Å². The summed E-state index contributed by atoms with van der Waals surface area (Å²) in [4.78, 5) is 37.4. The Morgan fingerprint density at radius 1 is 0.667 bits per heavy atom. The van der Waals surface area contributed by atoms with Gasteiger partial charge in [0.2, 0.25) is 0 Å². The van der Waals surface area contributed by atoms with Gasteiger partial charge in [0.25, 0.3) is 7.82 Å². The minimum atomic E-state index is -4.68. The molecule has 0 aliphatic carbocycles. The van der Waals surface area contributed by atoms with E-state index < -0.39 is 44.7 Å². The highest BCUT2D eigenvalue weighted by Gasteiger charge is 2.22. The number of nitrogens with zero attached hydrogens (tertiary/aromatic N) is 1. The van der Waals surface area contributed by atoms with E-state index in [1.807, 2.05) is 51.5 Å². The number of allylic oxidation sites excluding steroid dienone is 6. The molecule has 0 radical (unpaired) electrons. The number of rotatable bonds is 36. The first-order valence-electron chi connectivity index (χ1n) is 20.6. The summed E-state index contributed by atoms with van der Waals surface area (Å²) in [5, 5.41) is 20.2. The molecule has 1 unspecified atom stereocenters. The number of hydrogen-bond donors (Lipinski definition) is 2. The van der Waals surface area contributed by atoms with Crippen molar-refractivity contribution in [2.45, 2.75) is 161 Å². The van der Waals surface area contributed by atoms with Crippen LogP contribution in [0, 0.1) is 0 Å². The molecule has 11 nitrogen and oxygen atoms in total. The van der Waals surface area contributed by atoms with E-state index in [9.17, 15) is 29.3 Å². The zero-order chi connectivity index (χ0) is 40.3. The van der Waals surface area contributed by atoms with Crippen molar-refractivity contribution in [2.75, 3.05) is 47.5 Å². The lowest BCUT2D eigenvalue weighted by atomic mass is 10.1. The lowest BCUT2D eigenvalue weighted by molar-refractivity contribution is -0.870. The van der Waals surface area contributed by atoms with Crippen LogP contribution in [0.3, 0.4) is 0 Å². The lowest BCUT2D eigenvalue weighted by Gasteiger charge is -2.28. The quantitative estimate of drug-likeness (QED) is 0.0208. The number of phosphoric acid groups is 1. The van der Waals surface area contributed by atoms with Crippen LogP contribution in [0.5, 0.6) is 0 Å². The maximum absolute atomic E-state index is 12.6. The van der Waals surface area contributed by atoms with Crippen molar-refractivity contribution in [3.8, 4) is 0 Å². The normalized spacial score (nSPS) is 15.3. The summed E-state index contributed by atoms with van der Waals surface area (Å²) in [6, 6.07) is 0. The number of esters is 2. The van der Waals surface area contributed by atoms with Crippen LogP contribution in [0.4, 0.5) is 0 Å². The van der Waals surface area contributed by atoms with Gasteiger partial charge in [-0.3, -0.25) is 14.2 Å². The van der Waals surface area contributed by atoms with Crippen LogP contribution in [-0.4, -0.2) is 92.5 Å². The fraction of sp³-hybridized carbons (Fsp3) is 0.762. The molecule has 0 aromatic heterocycles. The Bertz CT molecular complexity index is 1100. The zero-order valence-corrected chi connectivity index (χ0v) is 35.3. The van der Waals surface area contributed by atoms with E-state index in [0.29, 0.717) is 36.7 Å². The van der Waals surface area contributed by atoms with E-state index in [2.05, 4.69) is 13.8 Å². The number of carbonyl (C=O) groups is 2. The van der Waals surface area contributed by atoms with Gasteiger partial charge in [-0.1, -0.05) is 146 Å². The highest BCUT2D eigenvalue weighted by Crippen LogP contribution is 2.38. The molecule has 0 amide bonds. The van der Waals surface area contributed by atoms with Gasteiger partial charge in [0.1, 0.15) is 19.8 Å². The minimum Gasteiger partial charge on any atom is -0.756 e.